The molecule has 1 aromatic heterocycles. The third-order valence-corrected chi connectivity index (χ3v) is 6.02. The lowest BCUT2D eigenvalue weighted by atomic mass is 10.0. The summed E-state index contributed by atoms with van der Waals surface area (Å²) < 4.78 is 6.05. The van der Waals surface area contributed by atoms with Gasteiger partial charge in [0.2, 0.25) is 11.8 Å². The summed E-state index contributed by atoms with van der Waals surface area (Å²) in [7, 11) is 2.11. The van der Waals surface area contributed by atoms with E-state index in [2.05, 4.69) is 27.1 Å². The van der Waals surface area contributed by atoms with Crippen LogP contribution in [0.5, 0.6) is 0 Å². The molecule has 7 nitrogen and oxygen atoms in total. The van der Waals surface area contributed by atoms with Gasteiger partial charge in [-0.25, -0.2) is 4.98 Å². The van der Waals surface area contributed by atoms with Crippen LogP contribution in [-0.2, 0) is 9.59 Å². The van der Waals surface area contributed by atoms with E-state index < -0.39 is 0 Å². The van der Waals surface area contributed by atoms with E-state index in [9.17, 15) is 9.59 Å². The highest BCUT2D eigenvalue weighted by atomic mass is 16.4. The van der Waals surface area contributed by atoms with Crippen molar-refractivity contribution in [1.29, 1.82) is 0 Å². The zero-order chi connectivity index (χ0) is 22.8. The summed E-state index contributed by atoms with van der Waals surface area (Å²) in [4.78, 5) is 33.3. The predicted octanol–water partition coefficient (Wildman–Crippen LogP) is 3.68. The summed E-state index contributed by atoms with van der Waals surface area (Å²) in [6.07, 6.45) is 6.43. The number of benzene rings is 1. The van der Waals surface area contributed by atoms with Crippen molar-refractivity contribution < 1.29 is 14.0 Å². The SMILES string of the molecule is CCC(=O)CCCCC[C@H](NC(=O)CN1CCN(C)CC1)c1ncc(-c2ccccc2)o1. The van der Waals surface area contributed by atoms with E-state index in [1.54, 1.807) is 6.20 Å². The van der Waals surface area contributed by atoms with Crippen molar-refractivity contribution >= 4 is 11.7 Å². The first-order valence-corrected chi connectivity index (χ1v) is 11.8. The highest BCUT2D eigenvalue weighted by molar-refractivity contribution is 5.78. The van der Waals surface area contributed by atoms with Crippen LogP contribution in [-0.4, -0.2) is 66.2 Å². The summed E-state index contributed by atoms with van der Waals surface area (Å²) in [5.41, 5.74) is 0.965. The molecule has 1 fully saturated rings. The van der Waals surface area contributed by atoms with Gasteiger partial charge in [-0.1, -0.05) is 50.1 Å². The molecule has 0 unspecified atom stereocenters. The fraction of sp³-hybridized carbons (Fsp3) is 0.560. The fourth-order valence-electron chi connectivity index (χ4n) is 3.92. The highest BCUT2D eigenvalue weighted by Gasteiger charge is 2.23. The van der Waals surface area contributed by atoms with Gasteiger partial charge in [0, 0.05) is 44.6 Å². The van der Waals surface area contributed by atoms with Gasteiger partial charge >= 0.3 is 0 Å². The molecule has 2 heterocycles. The summed E-state index contributed by atoms with van der Waals surface area (Å²) in [5, 5.41) is 3.15. The van der Waals surface area contributed by atoms with E-state index in [4.69, 9.17) is 4.42 Å². The van der Waals surface area contributed by atoms with Gasteiger partial charge in [-0.3, -0.25) is 14.5 Å². The van der Waals surface area contributed by atoms with E-state index >= 15 is 0 Å². The van der Waals surface area contributed by atoms with Crippen LogP contribution in [0.3, 0.4) is 0 Å². The van der Waals surface area contributed by atoms with Gasteiger partial charge in [0.05, 0.1) is 12.7 Å². The number of ketones is 1. The summed E-state index contributed by atoms with van der Waals surface area (Å²) in [5.74, 6) is 1.55. The monoisotopic (exact) mass is 440 g/mol. The van der Waals surface area contributed by atoms with Crippen molar-refractivity contribution in [2.75, 3.05) is 39.8 Å². The Bertz CT molecular complexity index is 844. The lowest BCUT2D eigenvalue weighted by molar-refractivity contribution is -0.123. The Morgan fingerprint density at radius 2 is 1.84 bits per heavy atom. The van der Waals surface area contributed by atoms with Crippen LogP contribution in [0, 0.1) is 0 Å². The minimum Gasteiger partial charge on any atom is -0.438 e. The number of amides is 1. The van der Waals surface area contributed by atoms with Crippen LogP contribution in [0.2, 0.25) is 0 Å². The van der Waals surface area contributed by atoms with Gasteiger partial charge in [0.25, 0.3) is 0 Å². The third kappa shape index (κ3) is 7.57. The molecule has 0 spiro atoms. The predicted molar refractivity (Wildman–Crippen MR) is 125 cm³/mol. The van der Waals surface area contributed by atoms with E-state index in [1.807, 2.05) is 37.3 Å². The van der Waals surface area contributed by atoms with Crippen molar-refractivity contribution in [3.8, 4) is 11.3 Å². The standard InChI is InChI=1S/C25H36N4O3/c1-3-21(30)12-8-5-9-13-22(27-24(31)19-29-16-14-28(2)15-17-29)25-26-18-23(32-25)20-10-6-4-7-11-20/h4,6-7,10-11,18,22H,3,5,8-9,12-17,19H2,1-2H3,(H,27,31)/t22-/m0/s1. The number of piperazine rings is 1. The van der Waals surface area contributed by atoms with Crippen molar-refractivity contribution in [3.63, 3.8) is 0 Å². The van der Waals surface area contributed by atoms with E-state index in [-0.39, 0.29) is 11.9 Å². The molecule has 0 radical (unpaired) electrons. The summed E-state index contributed by atoms with van der Waals surface area (Å²) in [6.45, 7) is 6.05. The molecule has 7 heteroatoms. The summed E-state index contributed by atoms with van der Waals surface area (Å²) >= 11 is 0. The molecule has 3 rings (SSSR count). The first-order chi connectivity index (χ1) is 15.5. The molecule has 32 heavy (non-hydrogen) atoms. The second-order valence-corrected chi connectivity index (χ2v) is 8.62. The number of likely N-dealkylation sites (N-methyl/N-ethyl adjacent to an activating group) is 1. The Hall–Kier alpha value is -2.51. The maximum atomic E-state index is 12.8. The van der Waals surface area contributed by atoms with Crippen LogP contribution >= 0.6 is 0 Å². The van der Waals surface area contributed by atoms with Gasteiger partial charge in [-0.2, -0.15) is 0 Å². The number of hydrogen-bond acceptors (Lipinski definition) is 6. The summed E-state index contributed by atoms with van der Waals surface area (Å²) in [6, 6.07) is 9.58. The Morgan fingerprint density at radius 3 is 2.56 bits per heavy atom. The topological polar surface area (TPSA) is 78.7 Å². The smallest absolute Gasteiger partial charge is 0.234 e. The molecule has 1 aromatic carbocycles. The molecule has 1 aliphatic heterocycles. The van der Waals surface area contributed by atoms with Crippen LogP contribution in [0.1, 0.15) is 57.4 Å². The quantitative estimate of drug-likeness (QED) is 0.507. The number of hydrogen-bond donors (Lipinski definition) is 1. The number of rotatable bonds is 12. The average molecular weight is 441 g/mol. The van der Waals surface area contributed by atoms with Crippen LogP contribution in [0.15, 0.2) is 40.9 Å². The minimum absolute atomic E-state index is 0.000162. The Balaban J connectivity index is 1.59. The highest BCUT2D eigenvalue weighted by Crippen LogP contribution is 2.26. The first-order valence-electron chi connectivity index (χ1n) is 11.8. The zero-order valence-electron chi connectivity index (χ0n) is 19.4. The molecule has 0 bridgehead atoms. The zero-order valence-corrected chi connectivity index (χ0v) is 19.4. The van der Waals surface area contributed by atoms with Gasteiger partial charge < -0.3 is 14.6 Å². The molecule has 1 amide bonds. The van der Waals surface area contributed by atoms with E-state index in [0.29, 0.717) is 36.8 Å². The number of carbonyl (C=O) groups excluding carboxylic acids is 2. The Labute approximate surface area is 191 Å². The average Bonchev–Trinajstić information content (AvgIpc) is 3.30. The van der Waals surface area contributed by atoms with Crippen LogP contribution < -0.4 is 5.32 Å². The van der Waals surface area contributed by atoms with Gasteiger partial charge in [0.1, 0.15) is 11.8 Å². The second-order valence-electron chi connectivity index (χ2n) is 8.62. The lowest BCUT2D eigenvalue weighted by Crippen LogP contribution is -2.48. The third-order valence-electron chi connectivity index (χ3n) is 6.02. The van der Waals surface area contributed by atoms with Crippen LogP contribution in [0.25, 0.3) is 11.3 Å². The number of nitrogens with zero attached hydrogens (tertiary/aromatic N) is 3. The molecule has 174 valence electrons. The van der Waals surface area contributed by atoms with Crippen molar-refractivity contribution in [2.45, 2.75) is 51.5 Å². The number of Topliss-reactive ketones (excluding diaryl/α,β-unsaturated/α-hetero) is 1. The Morgan fingerprint density at radius 1 is 1.09 bits per heavy atom. The first kappa shape index (κ1) is 24.1. The molecule has 0 aliphatic carbocycles. The number of aromatic nitrogens is 1. The molecule has 1 atom stereocenters. The number of nitrogens with one attached hydrogen (secondary N) is 1. The molecule has 2 aromatic rings. The van der Waals surface area contributed by atoms with Crippen molar-refractivity contribution in [1.82, 2.24) is 20.1 Å². The van der Waals surface area contributed by atoms with Crippen molar-refractivity contribution in [3.05, 3.63) is 42.4 Å². The molecule has 1 aliphatic rings. The molecule has 1 saturated heterocycles. The molecule has 0 saturated carbocycles. The lowest BCUT2D eigenvalue weighted by Gasteiger charge is -2.32. The number of oxazole rings is 1. The molecule has 1 N–H and O–H groups in total. The van der Waals surface area contributed by atoms with Crippen LogP contribution in [0.4, 0.5) is 0 Å². The number of unbranched alkanes of at least 4 members (excludes halogenated alkanes) is 2. The molecular weight excluding hydrogens is 404 g/mol. The van der Waals surface area contributed by atoms with E-state index in [0.717, 1.165) is 57.4 Å². The largest absolute Gasteiger partial charge is 0.438 e. The normalized spacial score (nSPS) is 16.1. The Kier molecular flexibility index (Phi) is 9.43. The van der Waals surface area contributed by atoms with E-state index in [1.165, 1.54) is 0 Å². The van der Waals surface area contributed by atoms with Gasteiger partial charge in [-0.15, -0.1) is 0 Å². The maximum Gasteiger partial charge on any atom is 0.234 e. The van der Waals surface area contributed by atoms with Gasteiger partial charge in [-0.05, 0) is 19.9 Å². The maximum absolute atomic E-state index is 12.8. The number of carbonyl (C=O) groups is 2. The minimum atomic E-state index is -0.269. The van der Waals surface area contributed by atoms with Crippen molar-refractivity contribution in [2.24, 2.45) is 0 Å². The molecular formula is C25H36N4O3. The fourth-order valence-corrected chi connectivity index (χ4v) is 3.92. The second kappa shape index (κ2) is 12.5. The van der Waals surface area contributed by atoms with Gasteiger partial charge in [0.15, 0.2) is 5.76 Å².